The van der Waals surface area contributed by atoms with Gasteiger partial charge in [-0.15, -0.1) is 0 Å². The molecule has 0 spiro atoms. The summed E-state index contributed by atoms with van der Waals surface area (Å²) in [5, 5.41) is 3.40. The van der Waals surface area contributed by atoms with Crippen LogP contribution in [0.4, 0.5) is 0 Å². The third-order valence-electron chi connectivity index (χ3n) is 4.84. The van der Waals surface area contributed by atoms with Crippen LogP contribution in [0.5, 0.6) is 0 Å². The van der Waals surface area contributed by atoms with E-state index in [1.165, 1.54) is 31.2 Å². The topological polar surface area (TPSA) is 15.3 Å². The van der Waals surface area contributed by atoms with E-state index in [1.54, 1.807) is 0 Å². The lowest BCUT2D eigenvalue weighted by atomic mass is 9.81. The summed E-state index contributed by atoms with van der Waals surface area (Å²) in [6, 6.07) is 11.8. The van der Waals surface area contributed by atoms with Gasteiger partial charge in [-0.25, -0.2) is 0 Å². The van der Waals surface area contributed by atoms with Crippen LogP contribution in [-0.2, 0) is 5.41 Å². The van der Waals surface area contributed by atoms with Crippen LogP contribution in [0.3, 0.4) is 0 Å². The van der Waals surface area contributed by atoms with Crippen molar-refractivity contribution in [3.63, 3.8) is 0 Å². The van der Waals surface area contributed by atoms with Crippen molar-refractivity contribution in [2.75, 3.05) is 26.7 Å². The molecule has 1 aromatic carbocycles. The Bertz CT molecular complexity index is 384. The van der Waals surface area contributed by atoms with Crippen molar-refractivity contribution in [3.05, 3.63) is 35.9 Å². The molecule has 0 heterocycles. The quantitative estimate of drug-likeness (QED) is 0.819. The Morgan fingerprint density at radius 3 is 2.40 bits per heavy atom. The second kappa shape index (κ2) is 7.24. The molecule has 1 N–H and O–H groups in total. The van der Waals surface area contributed by atoms with Crippen LogP contribution in [0, 0.1) is 0 Å². The molecule has 1 atom stereocenters. The molecule has 0 radical (unpaired) electrons. The van der Waals surface area contributed by atoms with E-state index in [1.807, 2.05) is 0 Å². The SMILES string of the molecule is CCN(CC(C)(CNC)c1ccccc1)C1CCCC1. The van der Waals surface area contributed by atoms with Crippen molar-refractivity contribution in [2.45, 2.75) is 51.0 Å². The maximum absolute atomic E-state index is 3.40. The number of hydrogen-bond donors (Lipinski definition) is 1. The molecule has 2 nitrogen and oxygen atoms in total. The van der Waals surface area contributed by atoms with E-state index in [2.05, 4.69) is 61.4 Å². The van der Waals surface area contributed by atoms with E-state index < -0.39 is 0 Å². The largest absolute Gasteiger partial charge is 0.319 e. The fourth-order valence-corrected chi connectivity index (χ4v) is 3.70. The van der Waals surface area contributed by atoms with Crippen LogP contribution in [0.25, 0.3) is 0 Å². The third-order valence-corrected chi connectivity index (χ3v) is 4.84. The molecule has 1 aromatic rings. The van der Waals surface area contributed by atoms with Gasteiger partial charge in [-0.05, 0) is 32.0 Å². The molecule has 0 amide bonds. The minimum absolute atomic E-state index is 0.189. The van der Waals surface area contributed by atoms with Crippen molar-refractivity contribution in [2.24, 2.45) is 0 Å². The molecular weight excluding hydrogens is 244 g/mol. The van der Waals surface area contributed by atoms with Crippen LogP contribution in [0.1, 0.15) is 45.1 Å². The van der Waals surface area contributed by atoms with Crippen molar-refractivity contribution < 1.29 is 0 Å². The van der Waals surface area contributed by atoms with Gasteiger partial charge in [-0.3, -0.25) is 4.90 Å². The number of nitrogens with zero attached hydrogens (tertiary/aromatic N) is 1. The van der Waals surface area contributed by atoms with Crippen molar-refractivity contribution in [1.82, 2.24) is 10.2 Å². The Hall–Kier alpha value is -0.860. The number of rotatable bonds is 7. The highest BCUT2D eigenvalue weighted by Gasteiger charge is 2.31. The zero-order valence-electron chi connectivity index (χ0n) is 13.4. The average Bonchev–Trinajstić information content (AvgIpc) is 3.00. The molecule has 1 aliphatic rings. The van der Waals surface area contributed by atoms with Crippen LogP contribution in [-0.4, -0.2) is 37.6 Å². The predicted octanol–water partition coefficient (Wildman–Crippen LogP) is 3.43. The lowest BCUT2D eigenvalue weighted by Crippen LogP contribution is -2.47. The van der Waals surface area contributed by atoms with Crippen LogP contribution in [0.2, 0.25) is 0 Å². The van der Waals surface area contributed by atoms with Gasteiger partial charge in [0.15, 0.2) is 0 Å². The lowest BCUT2D eigenvalue weighted by molar-refractivity contribution is 0.164. The second-order valence-electron chi connectivity index (χ2n) is 6.46. The molecule has 112 valence electrons. The van der Waals surface area contributed by atoms with E-state index in [0.717, 1.165) is 25.7 Å². The summed E-state index contributed by atoms with van der Waals surface area (Å²) in [4.78, 5) is 2.71. The first kappa shape index (κ1) is 15.5. The Kier molecular flexibility index (Phi) is 5.62. The lowest BCUT2D eigenvalue weighted by Gasteiger charge is -2.38. The number of nitrogens with one attached hydrogen (secondary N) is 1. The molecule has 2 rings (SSSR count). The first-order valence-corrected chi connectivity index (χ1v) is 8.14. The van der Waals surface area contributed by atoms with Crippen molar-refractivity contribution >= 4 is 0 Å². The molecule has 2 heteroatoms. The van der Waals surface area contributed by atoms with Crippen LogP contribution >= 0.6 is 0 Å². The summed E-state index contributed by atoms with van der Waals surface area (Å²) in [5.41, 5.74) is 1.64. The Balaban J connectivity index is 2.14. The van der Waals surface area contributed by atoms with Gasteiger partial charge in [0.25, 0.3) is 0 Å². The van der Waals surface area contributed by atoms with E-state index in [9.17, 15) is 0 Å². The molecule has 1 aliphatic carbocycles. The minimum atomic E-state index is 0.189. The molecule has 0 saturated heterocycles. The normalized spacial score (nSPS) is 19.4. The fourth-order valence-electron chi connectivity index (χ4n) is 3.70. The third kappa shape index (κ3) is 3.62. The summed E-state index contributed by atoms with van der Waals surface area (Å²) in [7, 11) is 2.06. The summed E-state index contributed by atoms with van der Waals surface area (Å²) in [5.74, 6) is 0. The highest BCUT2D eigenvalue weighted by Crippen LogP contribution is 2.29. The summed E-state index contributed by atoms with van der Waals surface area (Å²) < 4.78 is 0. The van der Waals surface area contributed by atoms with E-state index in [0.29, 0.717) is 0 Å². The molecule has 0 aliphatic heterocycles. The first-order chi connectivity index (χ1) is 9.69. The summed E-state index contributed by atoms with van der Waals surface area (Å²) in [6.45, 7) is 8.05. The van der Waals surface area contributed by atoms with Gasteiger partial charge in [0, 0.05) is 24.5 Å². The van der Waals surface area contributed by atoms with Gasteiger partial charge in [0.05, 0.1) is 0 Å². The van der Waals surface area contributed by atoms with E-state index in [-0.39, 0.29) is 5.41 Å². The molecule has 1 fully saturated rings. The van der Waals surface area contributed by atoms with E-state index in [4.69, 9.17) is 0 Å². The smallest absolute Gasteiger partial charge is 0.0177 e. The van der Waals surface area contributed by atoms with Gasteiger partial charge in [-0.1, -0.05) is 57.0 Å². The molecular formula is C18H30N2. The molecule has 0 aromatic heterocycles. The Morgan fingerprint density at radius 2 is 1.85 bits per heavy atom. The molecule has 1 unspecified atom stereocenters. The Labute approximate surface area is 124 Å². The monoisotopic (exact) mass is 274 g/mol. The van der Waals surface area contributed by atoms with Crippen LogP contribution < -0.4 is 5.32 Å². The molecule has 0 bridgehead atoms. The Morgan fingerprint density at radius 1 is 1.20 bits per heavy atom. The highest BCUT2D eigenvalue weighted by molar-refractivity contribution is 5.25. The predicted molar refractivity (Wildman–Crippen MR) is 87.2 cm³/mol. The maximum atomic E-state index is 3.40. The van der Waals surface area contributed by atoms with Crippen molar-refractivity contribution in [3.8, 4) is 0 Å². The first-order valence-electron chi connectivity index (χ1n) is 8.14. The van der Waals surface area contributed by atoms with Gasteiger partial charge in [0.1, 0.15) is 0 Å². The van der Waals surface area contributed by atoms with Gasteiger partial charge in [0.2, 0.25) is 0 Å². The van der Waals surface area contributed by atoms with E-state index >= 15 is 0 Å². The standard InChI is InChI=1S/C18H30N2/c1-4-20(17-12-8-9-13-17)15-18(2,14-19-3)16-10-6-5-7-11-16/h5-7,10-11,17,19H,4,8-9,12-15H2,1-3H3. The van der Waals surface area contributed by atoms with Gasteiger partial charge < -0.3 is 5.32 Å². The maximum Gasteiger partial charge on any atom is 0.0177 e. The number of hydrogen-bond acceptors (Lipinski definition) is 2. The zero-order valence-corrected chi connectivity index (χ0v) is 13.4. The number of likely N-dealkylation sites (N-methyl/N-ethyl adjacent to an activating group) is 2. The second-order valence-corrected chi connectivity index (χ2v) is 6.46. The summed E-state index contributed by atoms with van der Waals surface area (Å²) >= 11 is 0. The number of benzene rings is 1. The summed E-state index contributed by atoms with van der Waals surface area (Å²) in [6.07, 6.45) is 5.60. The van der Waals surface area contributed by atoms with Crippen molar-refractivity contribution in [1.29, 1.82) is 0 Å². The minimum Gasteiger partial charge on any atom is -0.319 e. The van der Waals surface area contributed by atoms with Gasteiger partial charge in [-0.2, -0.15) is 0 Å². The fraction of sp³-hybridized carbons (Fsp3) is 0.667. The zero-order chi connectivity index (χ0) is 14.4. The van der Waals surface area contributed by atoms with Crippen LogP contribution in [0.15, 0.2) is 30.3 Å². The highest BCUT2D eigenvalue weighted by atomic mass is 15.2. The average molecular weight is 274 g/mol. The van der Waals surface area contributed by atoms with Gasteiger partial charge >= 0.3 is 0 Å². The molecule has 20 heavy (non-hydrogen) atoms. The molecule has 1 saturated carbocycles.